The maximum Gasteiger partial charge on any atom is 0.297 e. The predicted octanol–water partition coefficient (Wildman–Crippen LogP) is 5.92. The van der Waals surface area contributed by atoms with Gasteiger partial charge >= 0.3 is 0 Å². The van der Waals surface area contributed by atoms with E-state index in [0.29, 0.717) is 11.1 Å². The average Bonchev–Trinajstić information content (AvgIpc) is 2.92. The van der Waals surface area contributed by atoms with Gasteiger partial charge in [-0.05, 0) is 35.4 Å². The van der Waals surface area contributed by atoms with Gasteiger partial charge in [0.2, 0.25) is 0 Å². The maximum absolute atomic E-state index is 13.2. The number of hydrogen-bond donors (Lipinski definition) is 0. The van der Waals surface area contributed by atoms with Crippen molar-refractivity contribution in [1.82, 2.24) is 0 Å². The number of hydrogen-bond acceptors (Lipinski definition) is 6. The Hall–Kier alpha value is -3.30. The van der Waals surface area contributed by atoms with Gasteiger partial charge < -0.3 is 0 Å². The van der Waals surface area contributed by atoms with Crippen LogP contribution in [0.4, 0.5) is 0 Å². The fraction of sp³-hybridized carbons (Fsp3) is 0.143. The van der Waals surface area contributed by atoms with Crippen molar-refractivity contribution < 1.29 is 25.2 Å². The molecule has 4 aromatic carbocycles. The third-order valence-electron chi connectivity index (χ3n) is 5.74. The standard InChI is InChI=1S/C28H26O6S2/c1-22(27(23-14-6-2-7-15-23)33-35(29,30)25-18-10-4-11-19-25)28(24-16-8-3-9-17-24)34-36(31,32)26-20-12-5-13-21-26/h2-22,27-28H,1H3. The summed E-state index contributed by atoms with van der Waals surface area (Å²) >= 11 is 0. The summed E-state index contributed by atoms with van der Waals surface area (Å²) in [7, 11) is -8.34. The van der Waals surface area contributed by atoms with Gasteiger partial charge in [-0.25, -0.2) is 0 Å². The molecule has 0 fully saturated rings. The van der Waals surface area contributed by atoms with Gasteiger partial charge in [0, 0.05) is 5.92 Å². The molecular formula is C28H26O6S2. The van der Waals surface area contributed by atoms with Crippen molar-refractivity contribution >= 4 is 20.2 Å². The van der Waals surface area contributed by atoms with Gasteiger partial charge in [0.05, 0.1) is 9.79 Å². The van der Waals surface area contributed by atoms with E-state index in [4.69, 9.17) is 8.37 Å². The van der Waals surface area contributed by atoms with Crippen LogP contribution in [0.25, 0.3) is 0 Å². The van der Waals surface area contributed by atoms with E-state index in [2.05, 4.69) is 0 Å². The first-order chi connectivity index (χ1) is 17.3. The second-order valence-electron chi connectivity index (χ2n) is 8.25. The minimum atomic E-state index is -4.17. The number of rotatable bonds is 10. The summed E-state index contributed by atoms with van der Waals surface area (Å²) < 4.78 is 64.4. The first-order valence-corrected chi connectivity index (χ1v) is 14.2. The molecule has 0 spiro atoms. The molecule has 0 saturated heterocycles. The predicted molar refractivity (Wildman–Crippen MR) is 137 cm³/mol. The zero-order chi connectivity index (χ0) is 25.6. The Morgan fingerprint density at radius 3 is 1.06 bits per heavy atom. The van der Waals surface area contributed by atoms with Crippen molar-refractivity contribution in [2.45, 2.75) is 28.9 Å². The van der Waals surface area contributed by atoms with Crippen LogP contribution in [-0.2, 0) is 28.6 Å². The van der Waals surface area contributed by atoms with E-state index in [-0.39, 0.29) is 9.79 Å². The van der Waals surface area contributed by atoms with Crippen molar-refractivity contribution in [2.75, 3.05) is 0 Å². The van der Waals surface area contributed by atoms with Crippen LogP contribution in [0.1, 0.15) is 30.3 Å². The summed E-state index contributed by atoms with van der Waals surface area (Å²) in [6.07, 6.45) is -2.07. The summed E-state index contributed by atoms with van der Waals surface area (Å²) in [6.45, 7) is 1.72. The molecule has 0 radical (unpaired) electrons. The molecule has 0 aliphatic rings. The molecule has 4 rings (SSSR count). The molecule has 0 N–H and O–H groups in total. The molecule has 36 heavy (non-hydrogen) atoms. The van der Waals surface area contributed by atoms with Gasteiger partial charge in [-0.15, -0.1) is 0 Å². The largest absolute Gasteiger partial charge is 0.297 e. The highest BCUT2D eigenvalue weighted by Crippen LogP contribution is 2.41. The van der Waals surface area contributed by atoms with Gasteiger partial charge in [-0.1, -0.05) is 104 Å². The van der Waals surface area contributed by atoms with E-state index in [0.717, 1.165) is 0 Å². The van der Waals surface area contributed by atoms with Crippen LogP contribution in [0.15, 0.2) is 131 Å². The Labute approximate surface area is 212 Å². The van der Waals surface area contributed by atoms with Gasteiger partial charge in [0.1, 0.15) is 12.2 Å². The fourth-order valence-electron chi connectivity index (χ4n) is 3.90. The maximum atomic E-state index is 13.2. The van der Waals surface area contributed by atoms with E-state index in [1.54, 1.807) is 91.9 Å². The molecule has 6 nitrogen and oxygen atoms in total. The molecule has 186 valence electrons. The average molecular weight is 523 g/mol. The topological polar surface area (TPSA) is 86.7 Å². The highest BCUT2D eigenvalue weighted by molar-refractivity contribution is 7.87. The lowest BCUT2D eigenvalue weighted by atomic mass is 9.89. The Morgan fingerprint density at radius 2 is 0.750 bits per heavy atom. The molecule has 0 heterocycles. The van der Waals surface area contributed by atoms with Gasteiger partial charge in [-0.3, -0.25) is 8.37 Å². The summed E-state index contributed by atoms with van der Waals surface area (Å²) in [5.74, 6) is -0.730. The molecule has 0 amide bonds. The Kier molecular flexibility index (Phi) is 8.01. The normalized spacial score (nSPS) is 14.6. The van der Waals surface area contributed by atoms with Crippen LogP contribution in [0.2, 0.25) is 0 Å². The van der Waals surface area contributed by atoms with Crippen molar-refractivity contribution in [3.63, 3.8) is 0 Å². The first-order valence-electron chi connectivity index (χ1n) is 11.3. The van der Waals surface area contributed by atoms with Crippen molar-refractivity contribution in [3.05, 3.63) is 132 Å². The van der Waals surface area contributed by atoms with E-state index >= 15 is 0 Å². The molecule has 2 unspecified atom stereocenters. The Balaban J connectivity index is 1.77. The number of benzene rings is 4. The quantitative estimate of drug-likeness (QED) is 0.241. The lowest BCUT2D eigenvalue weighted by molar-refractivity contribution is 0.0564. The van der Waals surface area contributed by atoms with E-state index < -0.39 is 38.4 Å². The summed E-state index contributed by atoms with van der Waals surface area (Å²) in [6, 6.07) is 33.4. The monoisotopic (exact) mass is 522 g/mol. The summed E-state index contributed by atoms with van der Waals surface area (Å²) in [5.41, 5.74) is 1.15. The van der Waals surface area contributed by atoms with Gasteiger partial charge in [-0.2, -0.15) is 16.8 Å². The highest BCUT2D eigenvalue weighted by Gasteiger charge is 2.36. The van der Waals surface area contributed by atoms with Crippen molar-refractivity contribution in [1.29, 1.82) is 0 Å². The van der Waals surface area contributed by atoms with E-state index in [1.807, 2.05) is 12.1 Å². The van der Waals surface area contributed by atoms with Crippen LogP contribution in [-0.4, -0.2) is 16.8 Å². The molecule has 0 aliphatic heterocycles. The minimum absolute atomic E-state index is 0.00668. The molecule has 0 aliphatic carbocycles. The highest BCUT2D eigenvalue weighted by atomic mass is 32.2. The second kappa shape index (κ2) is 11.2. The molecule has 0 saturated carbocycles. The van der Waals surface area contributed by atoms with E-state index in [1.165, 1.54) is 24.3 Å². The molecule has 4 aromatic rings. The fourth-order valence-corrected chi connectivity index (χ4v) is 6.22. The molecule has 0 aromatic heterocycles. The SMILES string of the molecule is CC(C(OS(=O)(=O)c1ccccc1)c1ccccc1)C(OS(=O)(=O)c1ccccc1)c1ccccc1. The van der Waals surface area contributed by atoms with Crippen LogP contribution in [0, 0.1) is 5.92 Å². The van der Waals surface area contributed by atoms with Gasteiger partial charge in [0.15, 0.2) is 0 Å². The van der Waals surface area contributed by atoms with Crippen LogP contribution in [0.5, 0.6) is 0 Å². The third kappa shape index (κ3) is 6.09. The van der Waals surface area contributed by atoms with Crippen LogP contribution in [0.3, 0.4) is 0 Å². The third-order valence-corrected chi connectivity index (χ3v) is 8.36. The summed E-state index contributed by atoms with van der Waals surface area (Å²) in [4.78, 5) is 0.0134. The zero-order valence-corrected chi connectivity index (χ0v) is 21.2. The van der Waals surface area contributed by atoms with Gasteiger partial charge in [0.25, 0.3) is 20.2 Å². The van der Waals surface area contributed by atoms with Crippen molar-refractivity contribution in [2.24, 2.45) is 5.92 Å². The lowest BCUT2D eigenvalue weighted by Gasteiger charge is -2.31. The van der Waals surface area contributed by atoms with Crippen molar-refractivity contribution in [3.8, 4) is 0 Å². The Morgan fingerprint density at radius 1 is 0.472 bits per heavy atom. The second-order valence-corrected chi connectivity index (χ2v) is 11.4. The van der Waals surface area contributed by atoms with Crippen LogP contribution >= 0.6 is 0 Å². The smallest absolute Gasteiger partial charge is 0.258 e. The Bertz CT molecular complexity index is 1340. The molecule has 8 heteroatoms. The zero-order valence-electron chi connectivity index (χ0n) is 19.5. The summed E-state index contributed by atoms with van der Waals surface area (Å²) in [5, 5.41) is 0. The minimum Gasteiger partial charge on any atom is -0.258 e. The van der Waals surface area contributed by atoms with Crippen LogP contribution < -0.4 is 0 Å². The molecular weight excluding hydrogens is 496 g/mol. The molecule has 0 bridgehead atoms. The molecule has 2 atom stereocenters. The first kappa shape index (κ1) is 25.8. The lowest BCUT2D eigenvalue weighted by Crippen LogP contribution is -2.26. The van der Waals surface area contributed by atoms with E-state index in [9.17, 15) is 16.8 Å².